The van der Waals surface area contributed by atoms with Gasteiger partial charge in [-0.05, 0) is 18.2 Å². The summed E-state index contributed by atoms with van der Waals surface area (Å²) < 4.78 is 36.4. The highest BCUT2D eigenvalue weighted by Crippen LogP contribution is 2.29. The highest BCUT2D eigenvalue weighted by Gasteiger charge is 2.30. The van der Waals surface area contributed by atoms with Crippen molar-refractivity contribution in [2.45, 2.75) is 6.18 Å². The highest BCUT2D eigenvalue weighted by molar-refractivity contribution is 5.86. The van der Waals surface area contributed by atoms with Crippen molar-refractivity contribution in [2.24, 2.45) is 0 Å². The molecule has 0 heterocycles. The van der Waals surface area contributed by atoms with Crippen LogP contribution in [0.1, 0.15) is 15.9 Å². The van der Waals surface area contributed by atoms with Crippen molar-refractivity contribution in [3.8, 4) is 0 Å². The molecule has 1 amide bonds. The normalized spacial score (nSPS) is 11.4. The Bertz CT molecular complexity index is 349. The van der Waals surface area contributed by atoms with Crippen molar-refractivity contribution in [3.05, 3.63) is 40.6 Å². The van der Waals surface area contributed by atoms with Gasteiger partial charge in [0.05, 0.1) is 11.1 Å². The second-order valence-electron chi connectivity index (χ2n) is 2.56. The number of primary amides is 1. The SMILES string of the molecule is O=C([NH2+][O-])c1cccc(C(F)(F)F)c1. The van der Waals surface area contributed by atoms with Crippen molar-refractivity contribution in [2.75, 3.05) is 0 Å². The number of amides is 1. The lowest BCUT2D eigenvalue weighted by atomic mass is 10.1. The van der Waals surface area contributed by atoms with E-state index in [-0.39, 0.29) is 11.0 Å². The number of carbonyl (C=O) groups is 1. The molecule has 2 N–H and O–H groups in total. The number of benzene rings is 1. The van der Waals surface area contributed by atoms with Crippen LogP contribution >= 0.6 is 0 Å². The lowest BCUT2D eigenvalue weighted by Gasteiger charge is -2.07. The predicted molar refractivity (Wildman–Crippen MR) is 41.1 cm³/mol. The van der Waals surface area contributed by atoms with Crippen LogP contribution < -0.4 is 5.48 Å². The highest BCUT2D eigenvalue weighted by atomic mass is 19.4. The van der Waals surface area contributed by atoms with E-state index in [1.165, 1.54) is 0 Å². The molecule has 0 aliphatic rings. The van der Waals surface area contributed by atoms with Crippen molar-refractivity contribution in [3.63, 3.8) is 0 Å². The molecule has 0 aliphatic heterocycles. The van der Waals surface area contributed by atoms with Crippen LogP contribution in [0.3, 0.4) is 0 Å². The average Bonchev–Trinajstić information content (AvgIpc) is 2.15. The Morgan fingerprint density at radius 1 is 1.36 bits per heavy atom. The van der Waals surface area contributed by atoms with Gasteiger partial charge >= 0.3 is 12.1 Å². The van der Waals surface area contributed by atoms with Crippen LogP contribution in [0.25, 0.3) is 0 Å². The fraction of sp³-hybridized carbons (Fsp3) is 0.125. The zero-order valence-corrected chi connectivity index (χ0v) is 6.84. The molecule has 0 saturated heterocycles. The van der Waals surface area contributed by atoms with E-state index >= 15 is 0 Å². The van der Waals surface area contributed by atoms with Crippen LogP contribution in [0.4, 0.5) is 13.2 Å². The molecule has 0 atom stereocenters. The van der Waals surface area contributed by atoms with Gasteiger partial charge < -0.3 is 10.7 Å². The molecule has 1 rings (SSSR count). The van der Waals surface area contributed by atoms with Crippen molar-refractivity contribution in [1.29, 1.82) is 0 Å². The molecule has 0 spiro atoms. The number of halogens is 3. The van der Waals surface area contributed by atoms with E-state index < -0.39 is 17.6 Å². The molecule has 76 valence electrons. The van der Waals surface area contributed by atoms with Gasteiger partial charge in [0, 0.05) is 0 Å². The smallest absolute Gasteiger partial charge is 0.416 e. The Kier molecular flexibility index (Phi) is 2.87. The second kappa shape index (κ2) is 3.77. The third-order valence-corrected chi connectivity index (χ3v) is 1.58. The number of nitrogens with two attached hydrogens (primary N) is 1. The summed E-state index contributed by atoms with van der Waals surface area (Å²) in [4.78, 5) is 10.8. The first-order valence-corrected chi connectivity index (χ1v) is 3.62. The van der Waals surface area contributed by atoms with E-state index in [1.807, 2.05) is 0 Å². The van der Waals surface area contributed by atoms with Gasteiger partial charge in [-0.15, -0.1) is 0 Å². The minimum absolute atomic E-state index is 0.0184. The third kappa shape index (κ3) is 2.30. The van der Waals surface area contributed by atoms with Gasteiger partial charge in [-0.25, -0.2) is 4.79 Å². The Balaban J connectivity index is 3.08. The molecule has 0 aliphatic carbocycles. The summed E-state index contributed by atoms with van der Waals surface area (Å²) in [7, 11) is 0. The Morgan fingerprint density at radius 3 is 2.50 bits per heavy atom. The minimum Gasteiger partial charge on any atom is -0.628 e. The van der Waals surface area contributed by atoms with Crippen LogP contribution in [0, 0.1) is 5.21 Å². The Labute approximate surface area is 77.1 Å². The molecule has 14 heavy (non-hydrogen) atoms. The van der Waals surface area contributed by atoms with Crippen molar-refractivity contribution in [1.82, 2.24) is 0 Å². The molecule has 0 aromatic heterocycles. The predicted octanol–water partition coefficient (Wildman–Crippen LogP) is 0.907. The number of quaternary nitrogens is 1. The molecular formula is C8H6F3NO2. The van der Waals surface area contributed by atoms with Crippen molar-refractivity contribution >= 4 is 5.91 Å². The number of carbonyl (C=O) groups excluding carboxylic acids is 1. The number of hydrogen-bond acceptors (Lipinski definition) is 2. The van der Waals surface area contributed by atoms with Gasteiger partial charge in [-0.3, -0.25) is 0 Å². The van der Waals surface area contributed by atoms with Crippen molar-refractivity contribution < 1.29 is 23.4 Å². The van der Waals surface area contributed by atoms with Crippen LogP contribution in [0.15, 0.2) is 24.3 Å². The largest absolute Gasteiger partial charge is 0.628 e. The Morgan fingerprint density at radius 2 is 2.00 bits per heavy atom. The second-order valence-corrected chi connectivity index (χ2v) is 2.56. The molecule has 0 unspecified atom stereocenters. The van der Waals surface area contributed by atoms with Crippen LogP contribution in [0.2, 0.25) is 0 Å². The van der Waals surface area contributed by atoms with Gasteiger partial charge in [0.1, 0.15) is 0 Å². The fourth-order valence-corrected chi connectivity index (χ4v) is 0.917. The summed E-state index contributed by atoms with van der Waals surface area (Å²) in [6, 6.07) is 3.73. The van der Waals surface area contributed by atoms with E-state index in [0.29, 0.717) is 6.07 Å². The summed E-state index contributed by atoms with van der Waals surface area (Å²) in [5.41, 5.74) is -1.21. The quantitative estimate of drug-likeness (QED) is 0.692. The van der Waals surface area contributed by atoms with E-state index in [9.17, 15) is 23.2 Å². The van der Waals surface area contributed by atoms with E-state index in [0.717, 1.165) is 18.2 Å². The molecule has 0 fully saturated rings. The molecular weight excluding hydrogens is 199 g/mol. The monoisotopic (exact) mass is 205 g/mol. The van der Waals surface area contributed by atoms with Gasteiger partial charge in [0.25, 0.3) is 0 Å². The zero-order chi connectivity index (χ0) is 10.8. The maximum Gasteiger partial charge on any atom is 0.416 e. The molecule has 6 heteroatoms. The van der Waals surface area contributed by atoms with Gasteiger partial charge in [0.15, 0.2) is 0 Å². The van der Waals surface area contributed by atoms with Crippen LogP contribution in [0.5, 0.6) is 0 Å². The van der Waals surface area contributed by atoms with Crippen LogP contribution in [-0.4, -0.2) is 5.91 Å². The minimum atomic E-state index is -4.50. The molecule has 1 aromatic carbocycles. The van der Waals surface area contributed by atoms with E-state index in [4.69, 9.17) is 0 Å². The first-order chi connectivity index (χ1) is 6.45. The molecule has 1 aromatic rings. The standard InChI is InChI=1S/C8H6F3NO2/c9-8(10,11)6-3-1-2-5(4-6)7(13)12-14/h1-4H,12H2. The lowest BCUT2D eigenvalue weighted by Crippen LogP contribution is -2.81. The maximum absolute atomic E-state index is 12.1. The number of alkyl halides is 3. The summed E-state index contributed by atoms with van der Waals surface area (Å²) in [6.07, 6.45) is -4.50. The Hall–Kier alpha value is -1.40. The van der Waals surface area contributed by atoms with Gasteiger partial charge in [-0.1, -0.05) is 6.07 Å². The number of hydrogen-bond donors (Lipinski definition) is 1. The summed E-state index contributed by atoms with van der Waals surface area (Å²) in [5.74, 6) is -0.962. The third-order valence-electron chi connectivity index (χ3n) is 1.58. The van der Waals surface area contributed by atoms with Crippen LogP contribution in [-0.2, 0) is 6.18 Å². The molecule has 0 radical (unpaired) electrons. The molecule has 3 nitrogen and oxygen atoms in total. The first-order valence-electron chi connectivity index (χ1n) is 3.62. The fourth-order valence-electron chi connectivity index (χ4n) is 0.917. The first kappa shape index (κ1) is 10.7. The van der Waals surface area contributed by atoms with E-state index in [1.54, 1.807) is 0 Å². The maximum atomic E-state index is 12.1. The summed E-state index contributed by atoms with van der Waals surface area (Å²) in [6.45, 7) is 0. The summed E-state index contributed by atoms with van der Waals surface area (Å²) in [5, 5.41) is 10.0. The molecule has 0 bridgehead atoms. The number of hydroxylamine groups is 1. The lowest BCUT2D eigenvalue weighted by molar-refractivity contribution is -0.481. The zero-order valence-electron chi connectivity index (χ0n) is 6.84. The van der Waals surface area contributed by atoms with E-state index in [2.05, 4.69) is 0 Å². The van der Waals surface area contributed by atoms with Gasteiger partial charge in [0.2, 0.25) is 0 Å². The average molecular weight is 205 g/mol. The van der Waals surface area contributed by atoms with Gasteiger partial charge in [-0.2, -0.15) is 13.2 Å². The molecule has 0 saturated carbocycles. The topological polar surface area (TPSA) is 56.7 Å². The summed E-state index contributed by atoms with van der Waals surface area (Å²) >= 11 is 0. The number of rotatable bonds is 1.